The van der Waals surface area contributed by atoms with Crippen LogP contribution in [0.4, 0.5) is 5.88 Å². The minimum absolute atomic E-state index is 0.119. The van der Waals surface area contributed by atoms with Gasteiger partial charge in [-0.15, -0.1) is 6.58 Å². The maximum Gasteiger partial charge on any atom is 0.232 e. The third kappa shape index (κ3) is 2.91. The predicted molar refractivity (Wildman–Crippen MR) is 80.4 cm³/mol. The van der Waals surface area contributed by atoms with Crippen molar-refractivity contribution in [2.24, 2.45) is 0 Å². The molecular formula is C13H8Cl3N3O. The number of nitrogens with zero attached hydrogens (tertiary/aromatic N) is 2. The van der Waals surface area contributed by atoms with Crippen molar-refractivity contribution in [2.75, 3.05) is 11.9 Å². The van der Waals surface area contributed by atoms with Gasteiger partial charge in [0.1, 0.15) is 6.07 Å². The Labute approximate surface area is 130 Å². The summed E-state index contributed by atoms with van der Waals surface area (Å²) in [5.41, 5.74) is 0.543. The second-order valence-corrected chi connectivity index (χ2v) is 4.95. The largest absolute Gasteiger partial charge is 0.419 e. The Morgan fingerprint density at radius 1 is 1.40 bits per heavy atom. The number of hydrogen-bond acceptors (Lipinski definition) is 4. The third-order valence-electron chi connectivity index (χ3n) is 2.36. The lowest BCUT2D eigenvalue weighted by molar-refractivity contribution is 0.587. The fourth-order valence-electron chi connectivity index (χ4n) is 1.51. The molecule has 2 rings (SSSR count). The summed E-state index contributed by atoms with van der Waals surface area (Å²) in [5, 5.41) is 12.8. The molecular weight excluding hydrogens is 321 g/mol. The Morgan fingerprint density at radius 2 is 2.15 bits per heavy atom. The highest BCUT2D eigenvalue weighted by atomic mass is 35.5. The SMILES string of the molecule is C=CCNc1oc(-c2cc(Cl)cc(Cl)c2Cl)nc1C#N. The molecule has 0 unspecified atom stereocenters. The highest BCUT2D eigenvalue weighted by Gasteiger charge is 2.18. The van der Waals surface area contributed by atoms with Gasteiger partial charge in [-0.25, -0.2) is 0 Å². The van der Waals surface area contributed by atoms with Crippen LogP contribution < -0.4 is 5.32 Å². The first-order valence-electron chi connectivity index (χ1n) is 5.47. The molecule has 4 nitrogen and oxygen atoms in total. The standard InChI is InChI=1S/C13H8Cl3N3O/c1-2-3-18-13-10(6-17)19-12(20-13)8-4-7(14)5-9(15)11(8)16/h2,4-5,18H,1,3H2. The third-order valence-corrected chi connectivity index (χ3v) is 3.38. The molecule has 0 saturated carbocycles. The van der Waals surface area contributed by atoms with Crippen molar-refractivity contribution >= 4 is 40.7 Å². The van der Waals surface area contributed by atoms with Crippen LogP contribution in [0.1, 0.15) is 5.69 Å². The van der Waals surface area contributed by atoms with Crippen LogP contribution in [-0.4, -0.2) is 11.5 Å². The molecule has 0 aliphatic rings. The average molecular weight is 329 g/mol. The molecule has 0 aliphatic carbocycles. The van der Waals surface area contributed by atoms with Crippen LogP contribution in [0.3, 0.4) is 0 Å². The van der Waals surface area contributed by atoms with Crippen molar-refractivity contribution in [3.8, 4) is 17.5 Å². The summed E-state index contributed by atoms with van der Waals surface area (Å²) in [5.74, 6) is 0.414. The van der Waals surface area contributed by atoms with Crippen LogP contribution >= 0.6 is 34.8 Å². The lowest BCUT2D eigenvalue weighted by Gasteiger charge is -2.03. The Kier molecular flexibility index (Phi) is 4.56. The quantitative estimate of drug-likeness (QED) is 0.648. The Morgan fingerprint density at radius 3 is 2.80 bits per heavy atom. The lowest BCUT2D eigenvalue weighted by atomic mass is 10.2. The lowest BCUT2D eigenvalue weighted by Crippen LogP contribution is -1.97. The van der Waals surface area contributed by atoms with E-state index < -0.39 is 0 Å². The molecule has 0 radical (unpaired) electrons. The zero-order valence-corrected chi connectivity index (χ0v) is 12.4. The summed E-state index contributed by atoms with van der Waals surface area (Å²) in [6.07, 6.45) is 1.63. The molecule has 20 heavy (non-hydrogen) atoms. The van der Waals surface area contributed by atoms with Gasteiger partial charge in [0.25, 0.3) is 0 Å². The number of benzene rings is 1. The zero-order valence-electron chi connectivity index (χ0n) is 10.1. The highest BCUT2D eigenvalue weighted by molar-refractivity contribution is 6.44. The van der Waals surface area contributed by atoms with Crippen LogP contribution in [0.2, 0.25) is 15.1 Å². The molecule has 0 saturated heterocycles. The number of oxazole rings is 1. The number of rotatable bonds is 4. The number of nitrogens with one attached hydrogen (secondary N) is 1. The van der Waals surface area contributed by atoms with Gasteiger partial charge >= 0.3 is 0 Å². The van der Waals surface area contributed by atoms with Gasteiger partial charge in [0.2, 0.25) is 17.5 Å². The topological polar surface area (TPSA) is 61.9 Å². The van der Waals surface area contributed by atoms with Gasteiger partial charge in [0.05, 0.1) is 15.6 Å². The van der Waals surface area contributed by atoms with Gasteiger partial charge in [0.15, 0.2) is 0 Å². The number of aromatic nitrogens is 1. The molecule has 0 spiro atoms. The maximum atomic E-state index is 9.03. The molecule has 0 bridgehead atoms. The number of halogens is 3. The second kappa shape index (κ2) is 6.19. The van der Waals surface area contributed by atoms with Gasteiger partial charge in [-0.2, -0.15) is 10.2 Å². The predicted octanol–water partition coefficient (Wildman–Crippen LogP) is 4.77. The molecule has 1 aromatic heterocycles. The molecule has 0 atom stereocenters. The zero-order chi connectivity index (χ0) is 14.7. The number of nitriles is 1. The van der Waals surface area contributed by atoms with Crippen molar-refractivity contribution in [3.05, 3.63) is 45.5 Å². The van der Waals surface area contributed by atoms with Crippen LogP contribution in [-0.2, 0) is 0 Å². The van der Waals surface area contributed by atoms with E-state index in [1.165, 1.54) is 6.07 Å². The van der Waals surface area contributed by atoms with Crippen molar-refractivity contribution < 1.29 is 4.42 Å². The van der Waals surface area contributed by atoms with E-state index in [1.54, 1.807) is 12.1 Å². The molecule has 1 aromatic carbocycles. The molecule has 0 amide bonds. The molecule has 1 N–H and O–H groups in total. The van der Waals surface area contributed by atoms with Gasteiger partial charge in [-0.1, -0.05) is 40.9 Å². The molecule has 102 valence electrons. The molecule has 0 fully saturated rings. The van der Waals surface area contributed by atoms with Crippen molar-refractivity contribution in [3.63, 3.8) is 0 Å². The van der Waals surface area contributed by atoms with E-state index in [2.05, 4.69) is 16.9 Å². The minimum Gasteiger partial charge on any atom is -0.419 e. The summed E-state index contributed by atoms with van der Waals surface area (Å²) in [6, 6.07) is 5.02. The Bertz CT molecular complexity index is 704. The van der Waals surface area contributed by atoms with Crippen molar-refractivity contribution in [2.45, 2.75) is 0 Å². The van der Waals surface area contributed by atoms with Crippen LogP contribution in [0.25, 0.3) is 11.5 Å². The van der Waals surface area contributed by atoms with E-state index in [4.69, 9.17) is 44.5 Å². The van der Waals surface area contributed by atoms with Crippen molar-refractivity contribution in [1.29, 1.82) is 5.26 Å². The van der Waals surface area contributed by atoms with E-state index in [0.29, 0.717) is 17.1 Å². The van der Waals surface area contributed by atoms with E-state index >= 15 is 0 Å². The Hall–Kier alpha value is -1.67. The van der Waals surface area contributed by atoms with Gasteiger partial charge in [-0.05, 0) is 12.1 Å². The molecule has 2 aromatic rings. The first-order valence-corrected chi connectivity index (χ1v) is 6.60. The average Bonchev–Trinajstić information content (AvgIpc) is 2.83. The van der Waals surface area contributed by atoms with Crippen LogP contribution in [0, 0.1) is 11.3 Å². The summed E-state index contributed by atoms with van der Waals surface area (Å²) < 4.78 is 5.49. The summed E-state index contributed by atoms with van der Waals surface area (Å²) in [4.78, 5) is 4.07. The normalized spacial score (nSPS) is 10.1. The minimum atomic E-state index is 0.119. The maximum absolute atomic E-state index is 9.03. The highest BCUT2D eigenvalue weighted by Crippen LogP contribution is 2.37. The van der Waals surface area contributed by atoms with Crippen LogP contribution in [0.15, 0.2) is 29.2 Å². The monoisotopic (exact) mass is 327 g/mol. The summed E-state index contributed by atoms with van der Waals surface area (Å²) in [7, 11) is 0. The first-order chi connectivity index (χ1) is 9.56. The fourth-order valence-corrected chi connectivity index (χ4v) is 2.19. The van der Waals surface area contributed by atoms with Gasteiger partial charge in [-0.3, -0.25) is 0 Å². The van der Waals surface area contributed by atoms with E-state index in [1.807, 2.05) is 6.07 Å². The fraction of sp³-hybridized carbons (Fsp3) is 0.0769. The first kappa shape index (κ1) is 14.7. The van der Waals surface area contributed by atoms with E-state index in [-0.39, 0.29) is 27.5 Å². The Balaban J connectivity index is 2.51. The summed E-state index contributed by atoms with van der Waals surface area (Å²) >= 11 is 18.0. The molecule has 7 heteroatoms. The smallest absolute Gasteiger partial charge is 0.232 e. The second-order valence-electron chi connectivity index (χ2n) is 3.73. The van der Waals surface area contributed by atoms with Crippen molar-refractivity contribution in [1.82, 2.24) is 4.98 Å². The number of hydrogen-bond donors (Lipinski definition) is 1. The molecule has 0 aliphatic heterocycles. The number of anilines is 1. The van der Waals surface area contributed by atoms with Gasteiger partial charge < -0.3 is 9.73 Å². The summed E-state index contributed by atoms with van der Waals surface area (Å²) in [6.45, 7) is 4.01. The van der Waals surface area contributed by atoms with Crippen LogP contribution in [0.5, 0.6) is 0 Å². The van der Waals surface area contributed by atoms with Gasteiger partial charge in [0, 0.05) is 11.6 Å². The van der Waals surface area contributed by atoms with E-state index in [9.17, 15) is 0 Å². The van der Waals surface area contributed by atoms with E-state index in [0.717, 1.165) is 0 Å². The molecule has 1 heterocycles.